The highest BCUT2D eigenvalue weighted by atomic mass is 32.2. The van der Waals surface area contributed by atoms with Crippen molar-refractivity contribution in [3.8, 4) is 11.4 Å². The Labute approximate surface area is 175 Å². The predicted octanol–water partition coefficient (Wildman–Crippen LogP) is 3.13. The molecule has 1 atom stereocenters. The summed E-state index contributed by atoms with van der Waals surface area (Å²) in [6, 6.07) is 13.7. The smallest absolute Gasteiger partial charge is 0.235 e. The van der Waals surface area contributed by atoms with E-state index in [1.807, 2.05) is 61.0 Å². The monoisotopic (exact) mass is 411 g/mol. The number of hydrogen-bond donors (Lipinski definition) is 0. The molecule has 0 saturated carbocycles. The second kappa shape index (κ2) is 10.2. The van der Waals surface area contributed by atoms with E-state index in [-0.39, 0.29) is 11.2 Å². The number of benzene rings is 1. The number of methoxy groups -OCH3 is 1. The SMILES string of the molecule is COCCn1c(SC(C)C(=O)N(C)Cc2ccccc2)nnc1-c1ccncc1. The van der Waals surface area contributed by atoms with Crippen LogP contribution in [0.3, 0.4) is 0 Å². The van der Waals surface area contributed by atoms with Crippen molar-refractivity contribution in [3.05, 3.63) is 60.4 Å². The van der Waals surface area contributed by atoms with Crippen molar-refractivity contribution in [1.29, 1.82) is 0 Å². The molecule has 8 heteroatoms. The summed E-state index contributed by atoms with van der Waals surface area (Å²) < 4.78 is 7.24. The molecule has 0 spiro atoms. The summed E-state index contributed by atoms with van der Waals surface area (Å²) >= 11 is 1.41. The maximum Gasteiger partial charge on any atom is 0.235 e. The number of pyridine rings is 1. The third-order valence-electron chi connectivity index (χ3n) is 4.44. The van der Waals surface area contributed by atoms with Gasteiger partial charge in [-0.3, -0.25) is 14.3 Å². The van der Waals surface area contributed by atoms with Gasteiger partial charge in [-0.1, -0.05) is 42.1 Å². The van der Waals surface area contributed by atoms with Crippen LogP contribution in [0.4, 0.5) is 0 Å². The average molecular weight is 412 g/mol. The lowest BCUT2D eigenvalue weighted by Crippen LogP contribution is -2.33. The van der Waals surface area contributed by atoms with Gasteiger partial charge in [-0.05, 0) is 24.6 Å². The highest BCUT2D eigenvalue weighted by Crippen LogP contribution is 2.27. The highest BCUT2D eigenvalue weighted by Gasteiger charge is 2.23. The zero-order valence-corrected chi connectivity index (χ0v) is 17.7. The van der Waals surface area contributed by atoms with Crippen molar-refractivity contribution in [3.63, 3.8) is 0 Å². The molecule has 0 N–H and O–H groups in total. The Morgan fingerprint density at radius 2 is 1.90 bits per heavy atom. The number of aromatic nitrogens is 4. The Hall–Kier alpha value is -2.71. The van der Waals surface area contributed by atoms with E-state index in [2.05, 4.69) is 15.2 Å². The first kappa shape index (κ1) is 21.0. The van der Waals surface area contributed by atoms with Gasteiger partial charge in [-0.2, -0.15) is 0 Å². The normalized spacial score (nSPS) is 12.0. The number of carbonyl (C=O) groups excluding carboxylic acids is 1. The number of ether oxygens (including phenoxy) is 1. The first-order chi connectivity index (χ1) is 14.1. The molecule has 29 heavy (non-hydrogen) atoms. The van der Waals surface area contributed by atoms with Crippen molar-refractivity contribution in [2.45, 2.75) is 30.4 Å². The summed E-state index contributed by atoms with van der Waals surface area (Å²) in [5, 5.41) is 9.09. The van der Waals surface area contributed by atoms with E-state index in [1.54, 1.807) is 24.4 Å². The molecular weight excluding hydrogens is 386 g/mol. The van der Waals surface area contributed by atoms with Gasteiger partial charge in [0.2, 0.25) is 5.91 Å². The Balaban J connectivity index is 1.74. The van der Waals surface area contributed by atoms with Gasteiger partial charge in [0.25, 0.3) is 0 Å². The van der Waals surface area contributed by atoms with Crippen LogP contribution in [0.1, 0.15) is 12.5 Å². The number of rotatable bonds is 9. The molecule has 0 fully saturated rings. The average Bonchev–Trinajstić information content (AvgIpc) is 3.15. The summed E-state index contributed by atoms with van der Waals surface area (Å²) in [5.41, 5.74) is 2.03. The maximum absolute atomic E-state index is 12.9. The molecule has 1 amide bonds. The number of thioether (sulfide) groups is 1. The van der Waals surface area contributed by atoms with Crippen LogP contribution in [-0.2, 0) is 22.6 Å². The summed E-state index contributed by atoms with van der Waals surface area (Å²) in [7, 11) is 3.48. The van der Waals surface area contributed by atoms with E-state index in [0.717, 1.165) is 17.0 Å². The molecule has 152 valence electrons. The van der Waals surface area contributed by atoms with Gasteiger partial charge in [-0.25, -0.2) is 0 Å². The van der Waals surface area contributed by atoms with Gasteiger partial charge in [0.05, 0.1) is 18.4 Å². The van der Waals surface area contributed by atoms with Crippen LogP contribution in [-0.4, -0.2) is 56.6 Å². The minimum absolute atomic E-state index is 0.0469. The standard InChI is InChI=1S/C21H25N5O2S/c1-16(20(27)25(2)15-17-7-5-4-6-8-17)29-21-24-23-19(26(21)13-14-28-3)18-9-11-22-12-10-18/h4-12,16H,13-15H2,1-3H3. The highest BCUT2D eigenvalue weighted by molar-refractivity contribution is 8.00. The molecule has 0 saturated heterocycles. The Kier molecular flexibility index (Phi) is 7.37. The lowest BCUT2D eigenvalue weighted by atomic mass is 10.2. The minimum atomic E-state index is -0.292. The number of carbonyl (C=O) groups is 1. The molecule has 0 aliphatic rings. The molecule has 3 rings (SSSR count). The van der Waals surface area contributed by atoms with Crippen molar-refractivity contribution in [2.75, 3.05) is 20.8 Å². The van der Waals surface area contributed by atoms with E-state index in [1.165, 1.54) is 11.8 Å². The minimum Gasteiger partial charge on any atom is -0.383 e. The third kappa shape index (κ3) is 5.42. The van der Waals surface area contributed by atoms with Crippen LogP contribution >= 0.6 is 11.8 Å². The van der Waals surface area contributed by atoms with Crippen LogP contribution in [0.15, 0.2) is 60.0 Å². The van der Waals surface area contributed by atoms with Crippen molar-refractivity contribution >= 4 is 17.7 Å². The zero-order valence-electron chi connectivity index (χ0n) is 16.9. The van der Waals surface area contributed by atoms with E-state index in [0.29, 0.717) is 24.9 Å². The zero-order chi connectivity index (χ0) is 20.6. The van der Waals surface area contributed by atoms with E-state index in [9.17, 15) is 4.79 Å². The first-order valence-electron chi connectivity index (χ1n) is 9.38. The predicted molar refractivity (Wildman–Crippen MR) is 113 cm³/mol. The van der Waals surface area contributed by atoms with Gasteiger partial charge >= 0.3 is 0 Å². The second-order valence-electron chi connectivity index (χ2n) is 6.63. The molecule has 3 aromatic rings. The van der Waals surface area contributed by atoms with Crippen molar-refractivity contribution in [1.82, 2.24) is 24.6 Å². The van der Waals surface area contributed by atoms with Crippen LogP contribution in [0.2, 0.25) is 0 Å². The van der Waals surface area contributed by atoms with Gasteiger partial charge in [0.1, 0.15) is 0 Å². The lowest BCUT2D eigenvalue weighted by molar-refractivity contribution is -0.129. The molecule has 2 aromatic heterocycles. The molecule has 0 radical (unpaired) electrons. The number of amides is 1. The molecule has 7 nitrogen and oxygen atoms in total. The van der Waals surface area contributed by atoms with Crippen molar-refractivity contribution in [2.24, 2.45) is 0 Å². The maximum atomic E-state index is 12.9. The van der Waals surface area contributed by atoms with Gasteiger partial charge in [0.15, 0.2) is 11.0 Å². The number of hydrogen-bond acceptors (Lipinski definition) is 6. The molecule has 1 unspecified atom stereocenters. The molecule has 0 aliphatic heterocycles. The topological polar surface area (TPSA) is 73.1 Å². The van der Waals surface area contributed by atoms with Crippen LogP contribution in [0.5, 0.6) is 0 Å². The van der Waals surface area contributed by atoms with Gasteiger partial charge < -0.3 is 9.64 Å². The lowest BCUT2D eigenvalue weighted by Gasteiger charge is -2.21. The summed E-state index contributed by atoms with van der Waals surface area (Å²) in [6.45, 7) is 3.60. The third-order valence-corrected chi connectivity index (χ3v) is 5.51. The summed E-state index contributed by atoms with van der Waals surface area (Å²) in [6.07, 6.45) is 3.45. The van der Waals surface area contributed by atoms with Crippen LogP contribution in [0.25, 0.3) is 11.4 Å². The van der Waals surface area contributed by atoms with Crippen LogP contribution < -0.4 is 0 Å². The van der Waals surface area contributed by atoms with Crippen LogP contribution in [0, 0.1) is 0 Å². The molecule has 1 aromatic carbocycles. The largest absolute Gasteiger partial charge is 0.383 e. The van der Waals surface area contributed by atoms with Crippen molar-refractivity contribution < 1.29 is 9.53 Å². The molecular formula is C21H25N5O2S. The fourth-order valence-electron chi connectivity index (χ4n) is 2.93. The van der Waals surface area contributed by atoms with E-state index < -0.39 is 0 Å². The molecule has 2 heterocycles. The fraction of sp³-hybridized carbons (Fsp3) is 0.333. The molecule has 0 aliphatic carbocycles. The second-order valence-corrected chi connectivity index (χ2v) is 7.93. The van der Waals surface area contributed by atoms with E-state index >= 15 is 0 Å². The Morgan fingerprint density at radius 3 is 2.59 bits per heavy atom. The Bertz CT molecular complexity index is 917. The summed E-state index contributed by atoms with van der Waals surface area (Å²) in [5.74, 6) is 0.787. The molecule has 0 bridgehead atoms. The van der Waals surface area contributed by atoms with Gasteiger partial charge in [0, 0.05) is 38.7 Å². The summed E-state index contributed by atoms with van der Waals surface area (Å²) in [4.78, 5) is 18.7. The quantitative estimate of drug-likeness (QED) is 0.504. The first-order valence-corrected chi connectivity index (χ1v) is 10.3. The fourth-order valence-corrected chi connectivity index (χ4v) is 3.92. The number of nitrogens with zero attached hydrogens (tertiary/aromatic N) is 5. The Morgan fingerprint density at radius 1 is 1.17 bits per heavy atom. The van der Waals surface area contributed by atoms with Gasteiger partial charge in [-0.15, -0.1) is 10.2 Å². The van der Waals surface area contributed by atoms with E-state index in [4.69, 9.17) is 4.74 Å².